The number of alkyl carbamates (subject to hydrolysis) is 1. The Balaban J connectivity index is 2.01. The zero-order valence-electron chi connectivity index (χ0n) is 11.9. The first-order valence-corrected chi connectivity index (χ1v) is 6.54. The second kappa shape index (κ2) is 7.74. The molecule has 5 nitrogen and oxygen atoms in total. The van der Waals surface area contributed by atoms with Gasteiger partial charge in [0, 0.05) is 25.5 Å². The molecule has 106 valence electrons. The molecule has 0 spiro atoms. The molecular formula is C14H23N3O2. The smallest absolute Gasteiger partial charge is 0.407 e. The molecule has 0 saturated heterocycles. The van der Waals surface area contributed by atoms with Gasteiger partial charge in [0.15, 0.2) is 0 Å². The van der Waals surface area contributed by atoms with E-state index in [2.05, 4.69) is 15.6 Å². The van der Waals surface area contributed by atoms with Crippen LogP contribution in [-0.4, -0.2) is 36.3 Å². The summed E-state index contributed by atoms with van der Waals surface area (Å²) in [4.78, 5) is 15.3. The van der Waals surface area contributed by atoms with E-state index in [4.69, 9.17) is 4.74 Å². The molecule has 5 heteroatoms. The molecule has 0 aliphatic rings. The van der Waals surface area contributed by atoms with Gasteiger partial charge in [-0.25, -0.2) is 4.79 Å². The van der Waals surface area contributed by atoms with Gasteiger partial charge in [-0.15, -0.1) is 0 Å². The number of ether oxygens (including phenoxy) is 1. The number of pyridine rings is 1. The van der Waals surface area contributed by atoms with Crippen LogP contribution in [0.25, 0.3) is 0 Å². The minimum Gasteiger partial charge on any atom is -0.444 e. The molecule has 0 bridgehead atoms. The number of carbonyl (C=O) groups excluding carboxylic acids is 1. The Labute approximate surface area is 114 Å². The van der Waals surface area contributed by atoms with E-state index in [0.29, 0.717) is 6.54 Å². The van der Waals surface area contributed by atoms with Crippen molar-refractivity contribution in [3.05, 3.63) is 30.1 Å². The molecule has 1 aromatic rings. The Morgan fingerprint density at radius 1 is 1.21 bits per heavy atom. The van der Waals surface area contributed by atoms with Crippen molar-refractivity contribution in [2.75, 3.05) is 19.6 Å². The van der Waals surface area contributed by atoms with Crippen LogP contribution in [0.2, 0.25) is 0 Å². The summed E-state index contributed by atoms with van der Waals surface area (Å²) in [5, 5.41) is 5.97. The van der Waals surface area contributed by atoms with Crippen LogP contribution in [0.1, 0.15) is 26.3 Å². The molecule has 2 N–H and O–H groups in total. The van der Waals surface area contributed by atoms with E-state index in [9.17, 15) is 4.79 Å². The maximum Gasteiger partial charge on any atom is 0.407 e. The summed E-state index contributed by atoms with van der Waals surface area (Å²) < 4.78 is 5.13. The van der Waals surface area contributed by atoms with Gasteiger partial charge in [-0.2, -0.15) is 0 Å². The molecule has 0 saturated carbocycles. The van der Waals surface area contributed by atoms with E-state index in [-0.39, 0.29) is 6.09 Å². The Kier molecular flexibility index (Phi) is 6.29. The van der Waals surface area contributed by atoms with Crippen molar-refractivity contribution < 1.29 is 9.53 Å². The highest BCUT2D eigenvalue weighted by molar-refractivity contribution is 5.67. The maximum absolute atomic E-state index is 11.3. The summed E-state index contributed by atoms with van der Waals surface area (Å²) >= 11 is 0. The van der Waals surface area contributed by atoms with Gasteiger partial charge in [-0.05, 0) is 51.4 Å². The second-order valence-corrected chi connectivity index (χ2v) is 5.28. The highest BCUT2D eigenvalue weighted by atomic mass is 16.6. The fourth-order valence-electron chi connectivity index (χ4n) is 1.47. The lowest BCUT2D eigenvalue weighted by Crippen LogP contribution is -2.36. The molecule has 19 heavy (non-hydrogen) atoms. The minimum absolute atomic E-state index is 0.372. The Bertz CT molecular complexity index is 374. The van der Waals surface area contributed by atoms with Gasteiger partial charge in [0.2, 0.25) is 0 Å². The van der Waals surface area contributed by atoms with Crippen molar-refractivity contribution in [1.29, 1.82) is 0 Å². The normalized spacial score (nSPS) is 11.1. The predicted octanol–water partition coefficient (Wildman–Crippen LogP) is 1.74. The minimum atomic E-state index is -0.446. The van der Waals surface area contributed by atoms with Crippen LogP contribution < -0.4 is 10.6 Å². The molecular weight excluding hydrogens is 242 g/mol. The van der Waals surface area contributed by atoms with Crippen LogP contribution in [0.3, 0.4) is 0 Å². The second-order valence-electron chi connectivity index (χ2n) is 5.28. The molecule has 1 aromatic heterocycles. The number of amides is 1. The molecule has 1 amide bonds. The highest BCUT2D eigenvalue weighted by Gasteiger charge is 2.15. The summed E-state index contributed by atoms with van der Waals surface area (Å²) in [6.45, 7) is 7.70. The third kappa shape index (κ3) is 8.15. The molecule has 0 radical (unpaired) electrons. The Morgan fingerprint density at radius 2 is 1.89 bits per heavy atom. The SMILES string of the molecule is CC(C)(C)OC(=O)NCCNCCc1ccncc1. The first kappa shape index (κ1) is 15.4. The van der Waals surface area contributed by atoms with Crippen molar-refractivity contribution in [3.63, 3.8) is 0 Å². The first-order valence-electron chi connectivity index (χ1n) is 6.54. The summed E-state index contributed by atoms with van der Waals surface area (Å²) in [5.74, 6) is 0. The van der Waals surface area contributed by atoms with E-state index in [0.717, 1.165) is 19.5 Å². The molecule has 0 fully saturated rings. The number of carbonyl (C=O) groups is 1. The van der Waals surface area contributed by atoms with Gasteiger partial charge in [-0.1, -0.05) is 0 Å². The Hall–Kier alpha value is -1.62. The standard InChI is InChI=1S/C14H23N3O2/c1-14(2,3)19-13(18)17-11-10-16-9-6-12-4-7-15-8-5-12/h4-5,7-8,16H,6,9-11H2,1-3H3,(H,17,18). The van der Waals surface area contributed by atoms with E-state index >= 15 is 0 Å². The fourth-order valence-corrected chi connectivity index (χ4v) is 1.47. The average molecular weight is 265 g/mol. The average Bonchev–Trinajstić information content (AvgIpc) is 2.32. The van der Waals surface area contributed by atoms with Gasteiger partial charge in [0.05, 0.1) is 0 Å². The van der Waals surface area contributed by atoms with Crippen molar-refractivity contribution >= 4 is 6.09 Å². The van der Waals surface area contributed by atoms with Crippen LogP contribution in [0.4, 0.5) is 4.79 Å². The molecule has 0 aromatic carbocycles. The lowest BCUT2D eigenvalue weighted by Gasteiger charge is -2.19. The van der Waals surface area contributed by atoms with Gasteiger partial charge in [0.1, 0.15) is 5.60 Å². The maximum atomic E-state index is 11.3. The van der Waals surface area contributed by atoms with Crippen LogP contribution in [0, 0.1) is 0 Å². The number of nitrogens with zero attached hydrogens (tertiary/aromatic N) is 1. The van der Waals surface area contributed by atoms with E-state index in [1.165, 1.54) is 5.56 Å². The fraction of sp³-hybridized carbons (Fsp3) is 0.571. The van der Waals surface area contributed by atoms with Crippen molar-refractivity contribution in [1.82, 2.24) is 15.6 Å². The third-order valence-electron chi connectivity index (χ3n) is 2.31. The summed E-state index contributed by atoms with van der Waals surface area (Å²) in [7, 11) is 0. The third-order valence-corrected chi connectivity index (χ3v) is 2.31. The van der Waals surface area contributed by atoms with Gasteiger partial charge in [0.25, 0.3) is 0 Å². The number of hydrogen-bond acceptors (Lipinski definition) is 4. The van der Waals surface area contributed by atoms with Crippen LogP contribution in [-0.2, 0) is 11.2 Å². The number of hydrogen-bond donors (Lipinski definition) is 2. The van der Waals surface area contributed by atoms with Gasteiger partial charge < -0.3 is 15.4 Å². The Morgan fingerprint density at radius 3 is 2.53 bits per heavy atom. The van der Waals surface area contributed by atoms with Gasteiger partial charge >= 0.3 is 6.09 Å². The van der Waals surface area contributed by atoms with E-state index in [1.807, 2.05) is 32.9 Å². The molecule has 1 heterocycles. The van der Waals surface area contributed by atoms with Crippen molar-refractivity contribution in [2.24, 2.45) is 0 Å². The van der Waals surface area contributed by atoms with Crippen molar-refractivity contribution in [3.8, 4) is 0 Å². The van der Waals surface area contributed by atoms with Crippen molar-refractivity contribution in [2.45, 2.75) is 32.8 Å². The predicted molar refractivity (Wildman–Crippen MR) is 75.0 cm³/mol. The quantitative estimate of drug-likeness (QED) is 0.769. The lowest BCUT2D eigenvalue weighted by molar-refractivity contribution is 0.0528. The highest BCUT2D eigenvalue weighted by Crippen LogP contribution is 2.05. The molecule has 1 rings (SSSR count). The summed E-state index contributed by atoms with van der Waals surface area (Å²) in [6, 6.07) is 4.00. The largest absolute Gasteiger partial charge is 0.444 e. The molecule has 0 unspecified atom stereocenters. The zero-order valence-corrected chi connectivity index (χ0v) is 11.9. The van der Waals surface area contributed by atoms with Crippen LogP contribution in [0.5, 0.6) is 0 Å². The number of nitrogens with one attached hydrogen (secondary N) is 2. The van der Waals surface area contributed by atoms with E-state index < -0.39 is 5.60 Å². The molecule has 0 atom stereocenters. The molecule has 0 aliphatic carbocycles. The zero-order chi connectivity index (χ0) is 14.1. The van der Waals surface area contributed by atoms with Crippen LogP contribution >= 0.6 is 0 Å². The lowest BCUT2D eigenvalue weighted by atomic mass is 10.2. The van der Waals surface area contributed by atoms with E-state index in [1.54, 1.807) is 12.4 Å². The number of aromatic nitrogens is 1. The summed E-state index contributed by atoms with van der Waals surface area (Å²) in [5.41, 5.74) is 0.807. The topological polar surface area (TPSA) is 63.2 Å². The van der Waals surface area contributed by atoms with Crippen LogP contribution in [0.15, 0.2) is 24.5 Å². The monoisotopic (exact) mass is 265 g/mol. The molecule has 0 aliphatic heterocycles. The van der Waals surface area contributed by atoms with Gasteiger partial charge in [-0.3, -0.25) is 4.98 Å². The summed E-state index contributed by atoms with van der Waals surface area (Å²) in [6.07, 6.45) is 4.16. The number of rotatable bonds is 6. The first-order chi connectivity index (χ1) is 8.97.